The van der Waals surface area contributed by atoms with Crippen molar-refractivity contribution in [3.05, 3.63) is 23.4 Å². The molecule has 0 saturated carbocycles. The van der Waals surface area contributed by atoms with E-state index in [0.717, 1.165) is 13.0 Å². The number of nitrogens with zero attached hydrogens (tertiary/aromatic N) is 1. The van der Waals surface area contributed by atoms with Crippen LogP contribution in [0.1, 0.15) is 54.9 Å². The molecule has 2 heteroatoms. The molecule has 0 aromatic carbocycles. The van der Waals surface area contributed by atoms with Gasteiger partial charge in [0.1, 0.15) is 0 Å². The van der Waals surface area contributed by atoms with Crippen molar-refractivity contribution in [1.82, 2.24) is 4.90 Å². The highest BCUT2D eigenvalue weighted by Crippen LogP contribution is 2.40. The summed E-state index contributed by atoms with van der Waals surface area (Å²) in [6, 6.07) is 0.495. The van der Waals surface area contributed by atoms with Crippen LogP contribution >= 0.6 is 12.6 Å². The monoisotopic (exact) mass is 281 g/mol. The Bertz CT molecular complexity index is 375. The Balaban J connectivity index is 3.27. The van der Waals surface area contributed by atoms with Crippen LogP contribution < -0.4 is 0 Å². The molecule has 0 aromatic heterocycles. The molecule has 1 aliphatic rings. The van der Waals surface area contributed by atoms with E-state index in [9.17, 15) is 0 Å². The lowest BCUT2D eigenvalue weighted by Crippen LogP contribution is -2.46. The van der Waals surface area contributed by atoms with E-state index in [1.54, 1.807) is 0 Å². The molecular formula is C17H31NS. The van der Waals surface area contributed by atoms with Gasteiger partial charge in [0.25, 0.3) is 0 Å². The smallest absolute Gasteiger partial charge is 0.0381 e. The Hall–Kier alpha value is -0.370. The van der Waals surface area contributed by atoms with E-state index in [1.165, 1.54) is 16.8 Å². The molecule has 110 valence electrons. The fraction of sp³-hybridized carbons (Fsp3) is 0.765. The normalized spacial score (nSPS) is 28.4. The summed E-state index contributed by atoms with van der Waals surface area (Å²) in [6.07, 6.45) is 1.04. The van der Waals surface area contributed by atoms with Crippen molar-refractivity contribution < 1.29 is 0 Å². The average molecular weight is 282 g/mol. The van der Waals surface area contributed by atoms with Crippen molar-refractivity contribution in [2.75, 3.05) is 6.54 Å². The summed E-state index contributed by atoms with van der Waals surface area (Å²) in [5.41, 5.74) is 4.22. The first-order valence-electron chi connectivity index (χ1n) is 7.38. The third-order valence-corrected chi connectivity index (χ3v) is 5.41. The van der Waals surface area contributed by atoms with Crippen LogP contribution in [0.15, 0.2) is 23.4 Å². The van der Waals surface area contributed by atoms with Gasteiger partial charge < -0.3 is 4.90 Å². The Morgan fingerprint density at radius 2 is 1.89 bits per heavy atom. The average Bonchev–Trinajstić information content (AvgIpc) is 2.24. The second-order valence-corrected chi connectivity index (χ2v) is 7.84. The summed E-state index contributed by atoms with van der Waals surface area (Å²) in [6.45, 7) is 21.3. The molecule has 0 spiro atoms. The van der Waals surface area contributed by atoms with Crippen LogP contribution in [0.4, 0.5) is 0 Å². The first-order valence-corrected chi connectivity index (χ1v) is 7.90. The fourth-order valence-corrected chi connectivity index (χ4v) is 3.45. The molecule has 1 aliphatic heterocycles. The van der Waals surface area contributed by atoms with Gasteiger partial charge in [-0.1, -0.05) is 32.9 Å². The zero-order chi connectivity index (χ0) is 15.0. The van der Waals surface area contributed by atoms with E-state index in [0.29, 0.717) is 17.2 Å². The molecule has 1 rings (SSSR count). The highest BCUT2D eigenvalue weighted by molar-refractivity contribution is 7.81. The lowest BCUT2D eigenvalue weighted by molar-refractivity contribution is 0.154. The molecule has 0 bridgehead atoms. The van der Waals surface area contributed by atoms with Crippen LogP contribution in [0.25, 0.3) is 0 Å². The third-order valence-electron chi connectivity index (χ3n) is 4.20. The van der Waals surface area contributed by atoms with Gasteiger partial charge in [0.2, 0.25) is 0 Å². The van der Waals surface area contributed by atoms with Gasteiger partial charge in [0, 0.05) is 23.5 Å². The van der Waals surface area contributed by atoms with Gasteiger partial charge >= 0.3 is 0 Å². The van der Waals surface area contributed by atoms with Gasteiger partial charge in [-0.3, -0.25) is 0 Å². The van der Waals surface area contributed by atoms with E-state index >= 15 is 0 Å². The molecule has 2 unspecified atom stereocenters. The van der Waals surface area contributed by atoms with Crippen LogP contribution in [0.5, 0.6) is 0 Å². The molecule has 1 heterocycles. The Morgan fingerprint density at radius 1 is 1.37 bits per heavy atom. The van der Waals surface area contributed by atoms with E-state index in [4.69, 9.17) is 12.6 Å². The van der Waals surface area contributed by atoms with Gasteiger partial charge in [0.15, 0.2) is 0 Å². The van der Waals surface area contributed by atoms with Crippen LogP contribution in [0.3, 0.4) is 0 Å². The van der Waals surface area contributed by atoms with Crippen molar-refractivity contribution in [2.24, 2.45) is 11.3 Å². The Labute approximate surface area is 125 Å². The van der Waals surface area contributed by atoms with Crippen LogP contribution in [0, 0.1) is 11.3 Å². The van der Waals surface area contributed by atoms with Crippen LogP contribution in [-0.4, -0.2) is 22.7 Å². The van der Waals surface area contributed by atoms with E-state index in [2.05, 4.69) is 59.9 Å². The highest BCUT2D eigenvalue weighted by atomic mass is 32.1. The lowest BCUT2D eigenvalue weighted by Gasteiger charge is -2.46. The predicted octanol–water partition coefficient (Wildman–Crippen LogP) is 4.91. The molecular weight excluding hydrogens is 250 g/mol. The van der Waals surface area contributed by atoms with Gasteiger partial charge in [-0.2, -0.15) is 12.6 Å². The van der Waals surface area contributed by atoms with Crippen LogP contribution in [-0.2, 0) is 0 Å². The second kappa shape index (κ2) is 5.95. The molecule has 0 aliphatic carbocycles. The van der Waals surface area contributed by atoms with Crippen molar-refractivity contribution in [3.8, 4) is 0 Å². The number of hydrogen-bond donors (Lipinski definition) is 1. The standard InChI is InChI=1S/C17H31NS/c1-11(2)15-13(5)9-14(6)16(19)17(7,8)10-18(15)12(3)4/h12,14,16,19H,5,9-10H2,1-4,6-8H3. The summed E-state index contributed by atoms with van der Waals surface area (Å²) in [5, 5.41) is 0.407. The van der Waals surface area contributed by atoms with Crippen molar-refractivity contribution in [2.45, 2.75) is 66.2 Å². The number of thiol groups is 1. The fourth-order valence-electron chi connectivity index (χ4n) is 3.26. The molecule has 1 fully saturated rings. The number of rotatable bonds is 1. The maximum absolute atomic E-state index is 4.90. The lowest BCUT2D eigenvalue weighted by atomic mass is 9.77. The molecule has 0 radical (unpaired) electrons. The Kier molecular flexibility index (Phi) is 5.22. The van der Waals surface area contributed by atoms with Crippen molar-refractivity contribution in [3.63, 3.8) is 0 Å². The minimum Gasteiger partial charge on any atom is -0.368 e. The van der Waals surface area contributed by atoms with E-state index < -0.39 is 0 Å². The Morgan fingerprint density at radius 3 is 2.32 bits per heavy atom. The molecule has 1 saturated heterocycles. The van der Waals surface area contributed by atoms with Gasteiger partial charge in [-0.25, -0.2) is 0 Å². The largest absolute Gasteiger partial charge is 0.368 e. The zero-order valence-corrected chi connectivity index (χ0v) is 14.6. The SMILES string of the molecule is C=C1CC(C)C(S)C(C)(C)CN(C(C)C)C1=C(C)C. The predicted molar refractivity (Wildman–Crippen MR) is 89.7 cm³/mol. The second-order valence-electron chi connectivity index (χ2n) is 7.29. The third kappa shape index (κ3) is 3.59. The maximum Gasteiger partial charge on any atom is 0.0381 e. The summed E-state index contributed by atoms with van der Waals surface area (Å²) in [7, 11) is 0. The number of hydrogen-bond acceptors (Lipinski definition) is 2. The molecule has 0 aromatic rings. The van der Waals surface area contributed by atoms with E-state index in [-0.39, 0.29) is 5.41 Å². The zero-order valence-electron chi connectivity index (χ0n) is 13.7. The maximum atomic E-state index is 4.90. The van der Waals surface area contributed by atoms with Gasteiger partial charge in [-0.15, -0.1) is 0 Å². The summed E-state index contributed by atoms with van der Waals surface area (Å²) in [4.78, 5) is 2.52. The summed E-state index contributed by atoms with van der Waals surface area (Å²) in [5.74, 6) is 0.564. The first-order chi connectivity index (χ1) is 8.58. The van der Waals surface area contributed by atoms with Crippen LogP contribution in [0.2, 0.25) is 0 Å². The number of likely N-dealkylation sites (tertiary alicyclic amines) is 1. The quantitative estimate of drug-likeness (QED) is 0.668. The highest BCUT2D eigenvalue weighted by Gasteiger charge is 2.37. The summed E-state index contributed by atoms with van der Waals surface area (Å²) < 4.78 is 0. The topological polar surface area (TPSA) is 3.24 Å². The molecule has 2 atom stereocenters. The minimum atomic E-state index is 0.203. The first kappa shape index (κ1) is 16.7. The molecule has 0 amide bonds. The number of allylic oxidation sites excluding steroid dienone is 2. The van der Waals surface area contributed by atoms with E-state index in [1.807, 2.05) is 0 Å². The van der Waals surface area contributed by atoms with Gasteiger partial charge in [-0.05, 0) is 51.0 Å². The van der Waals surface area contributed by atoms with Gasteiger partial charge in [0.05, 0.1) is 0 Å². The summed E-state index contributed by atoms with van der Waals surface area (Å²) >= 11 is 4.90. The molecule has 1 nitrogen and oxygen atoms in total. The minimum absolute atomic E-state index is 0.203. The van der Waals surface area contributed by atoms with Crippen molar-refractivity contribution in [1.29, 1.82) is 0 Å². The van der Waals surface area contributed by atoms with Crippen molar-refractivity contribution >= 4 is 12.6 Å². The molecule has 0 N–H and O–H groups in total. The molecule has 19 heavy (non-hydrogen) atoms.